The molecule has 0 saturated heterocycles. The number of benzene rings is 1. The molecule has 148 valence electrons. The van der Waals surface area contributed by atoms with E-state index in [1.807, 2.05) is 13.0 Å². The number of hydrogen-bond acceptors (Lipinski definition) is 4. The van der Waals surface area contributed by atoms with E-state index in [9.17, 15) is 13.2 Å². The Labute approximate surface area is 160 Å². The van der Waals surface area contributed by atoms with Gasteiger partial charge in [0.05, 0.1) is 10.7 Å². The van der Waals surface area contributed by atoms with Gasteiger partial charge in [-0.3, -0.25) is 4.99 Å². The summed E-state index contributed by atoms with van der Waals surface area (Å²) < 4.78 is 41.5. The highest BCUT2D eigenvalue weighted by Gasteiger charge is 2.28. The fourth-order valence-corrected chi connectivity index (χ4v) is 3.18. The van der Waals surface area contributed by atoms with Crippen LogP contribution in [0.15, 0.2) is 29.3 Å². The second kappa shape index (κ2) is 9.59. The van der Waals surface area contributed by atoms with Gasteiger partial charge in [0, 0.05) is 31.4 Å². The van der Waals surface area contributed by atoms with E-state index in [1.165, 1.54) is 10.9 Å². The summed E-state index contributed by atoms with van der Waals surface area (Å²) in [4.78, 5) is 9.86. The number of thiazole rings is 1. The molecule has 0 unspecified atom stereocenters. The number of nitrogens with one attached hydrogen (secondary N) is 2. The Bertz CT molecular complexity index is 755. The number of hydrogen-bond donors (Lipinski definition) is 2. The van der Waals surface area contributed by atoms with E-state index < -0.39 is 12.8 Å². The van der Waals surface area contributed by atoms with E-state index in [2.05, 4.69) is 27.5 Å². The molecule has 0 fully saturated rings. The molecule has 27 heavy (non-hydrogen) atoms. The lowest BCUT2D eigenvalue weighted by Crippen LogP contribution is -2.37. The molecule has 0 aliphatic rings. The summed E-state index contributed by atoms with van der Waals surface area (Å²) >= 11 is 1.69. The summed E-state index contributed by atoms with van der Waals surface area (Å²) in [7, 11) is 1.66. The number of aryl methyl sites for hydroxylation is 2. The number of ether oxygens (including phenoxy) is 1. The van der Waals surface area contributed by atoms with Crippen LogP contribution < -0.4 is 15.4 Å². The van der Waals surface area contributed by atoms with Gasteiger partial charge in [-0.1, -0.05) is 12.1 Å². The second-order valence-electron chi connectivity index (χ2n) is 5.90. The average Bonchev–Trinajstić information content (AvgIpc) is 2.93. The van der Waals surface area contributed by atoms with Gasteiger partial charge in [-0.05, 0) is 31.5 Å². The maximum Gasteiger partial charge on any atom is 0.422 e. The van der Waals surface area contributed by atoms with E-state index in [-0.39, 0.29) is 5.75 Å². The highest BCUT2D eigenvalue weighted by molar-refractivity contribution is 7.11. The number of rotatable bonds is 7. The molecule has 0 spiro atoms. The molecular formula is C18H23F3N4OS. The van der Waals surface area contributed by atoms with Crippen LogP contribution in [0.25, 0.3) is 0 Å². The topological polar surface area (TPSA) is 58.5 Å². The minimum absolute atomic E-state index is 0.184. The second-order valence-corrected chi connectivity index (χ2v) is 7.19. The van der Waals surface area contributed by atoms with Crippen LogP contribution in [0.5, 0.6) is 5.75 Å². The van der Waals surface area contributed by atoms with Crippen LogP contribution in [0.4, 0.5) is 13.2 Å². The van der Waals surface area contributed by atoms with Crippen molar-refractivity contribution in [1.82, 2.24) is 15.6 Å². The normalized spacial score (nSPS) is 12.1. The predicted octanol–water partition coefficient (Wildman–Crippen LogP) is 3.61. The Morgan fingerprint density at radius 1 is 1.26 bits per heavy atom. The van der Waals surface area contributed by atoms with E-state index in [0.717, 1.165) is 22.7 Å². The molecule has 0 saturated carbocycles. The van der Waals surface area contributed by atoms with Crippen LogP contribution in [0, 0.1) is 13.8 Å². The smallest absolute Gasteiger partial charge is 0.422 e. The standard InChI is InChI=1S/C18H23F3N4OS/c1-12-13(2)27-16(25-12)7-8-23-17(22-3)24-10-14-5-4-6-15(9-14)26-11-18(19,20)21/h4-6,9H,7-8,10-11H2,1-3H3,(H2,22,23,24). The van der Waals surface area contributed by atoms with Gasteiger partial charge in [-0.2, -0.15) is 13.2 Å². The van der Waals surface area contributed by atoms with Gasteiger partial charge in [-0.25, -0.2) is 4.98 Å². The van der Waals surface area contributed by atoms with Gasteiger partial charge in [0.2, 0.25) is 0 Å². The Morgan fingerprint density at radius 3 is 2.67 bits per heavy atom. The Morgan fingerprint density at radius 2 is 2.04 bits per heavy atom. The number of nitrogens with zero attached hydrogens (tertiary/aromatic N) is 2. The van der Waals surface area contributed by atoms with Crippen molar-refractivity contribution in [2.75, 3.05) is 20.2 Å². The molecule has 0 bridgehead atoms. The van der Waals surface area contributed by atoms with Crippen LogP contribution >= 0.6 is 11.3 Å². The highest BCUT2D eigenvalue weighted by Crippen LogP contribution is 2.19. The number of aliphatic imine (C=N–C) groups is 1. The van der Waals surface area contributed by atoms with Crippen molar-refractivity contribution in [3.8, 4) is 5.75 Å². The number of alkyl halides is 3. The van der Waals surface area contributed by atoms with Crippen molar-refractivity contribution in [2.24, 2.45) is 4.99 Å². The van der Waals surface area contributed by atoms with Crippen molar-refractivity contribution >= 4 is 17.3 Å². The lowest BCUT2D eigenvalue weighted by atomic mass is 10.2. The molecule has 1 aromatic carbocycles. The minimum Gasteiger partial charge on any atom is -0.484 e. The molecule has 2 aromatic rings. The van der Waals surface area contributed by atoms with Crippen molar-refractivity contribution in [3.63, 3.8) is 0 Å². The van der Waals surface area contributed by atoms with Gasteiger partial charge >= 0.3 is 6.18 Å². The third kappa shape index (κ3) is 7.46. The summed E-state index contributed by atoms with van der Waals surface area (Å²) in [6.45, 7) is 3.84. The summed E-state index contributed by atoms with van der Waals surface area (Å²) in [5.74, 6) is 0.797. The molecule has 9 heteroatoms. The Balaban J connectivity index is 1.79. The molecule has 2 rings (SSSR count). The fourth-order valence-electron chi connectivity index (χ4n) is 2.25. The predicted molar refractivity (Wildman–Crippen MR) is 101 cm³/mol. The molecule has 1 heterocycles. The van der Waals surface area contributed by atoms with Crippen LogP contribution in [-0.4, -0.2) is 37.3 Å². The monoisotopic (exact) mass is 400 g/mol. The first-order chi connectivity index (χ1) is 12.8. The van der Waals surface area contributed by atoms with E-state index in [4.69, 9.17) is 4.74 Å². The average molecular weight is 400 g/mol. The first-order valence-electron chi connectivity index (χ1n) is 8.43. The number of guanidine groups is 1. The highest BCUT2D eigenvalue weighted by atomic mass is 32.1. The first kappa shape index (κ1) is 21.0. The third-order valence-corrected chi connectivity index (χ3v) is 4.82. The quantitative estimate of drug-likeness (QED) is 0.551. The van der Waals surface area contributed by atoms with Crippen LogP contribution in [0.3, 0.4) is 0 Å². The van der Waals surface area contributed by atoms with Gasteiger partial charge in [0.25, 0.3) is 0 Å². The summed E-state index contributed by atoms with van der Waals surface area (Å²) in [6, 6.07) is 6.54. The molecule has 0 amide bonds. The van der Waals surface area contributed by atoms with Gasteiger partial charge in [0.15, 0.2) is 12.6 Å². The number of halogens is 3. The van der Waals surface area contributed by atoms with Gasteiger partial charge in [-0.15, -0.1) is 11.3 Å². The van der Waals surface area contributed by atoms with Crippen molar-refractivity contribution in [1.29, 1.82) is 0 Å². The summed E-state index contributed by atoms with van der Waals surface area (Å²) in [5, 5.41) is 7.41. The molecular weight excluding hydrogens is 377 g/mol. The van der Waals surface area contributed by atoms with Crippen molar-refractivity contribution in [3.05, 3.63) is 45.4 Å². The van der Waals surface area contributed by atoms with E-state index in [0.29, 0.717) is 19.0 Å². The van der Waals surface area contributed by atoms with Crippen LogP contribution in [0.2, 0.25) is 0 Å². The zero-order valence-corrected chi connectivity index (χ0v) is 16.3. The zero-order valence-electron chi connectivity index (χ0n) is 15.5. The largest absolute Gasteiger partial charge is 0.484 e. The molecule has 0 radical (unpaired) electrons. The molecule has 2 N–H and O–H groups in total. The van der Waals surface area contributed by atoms with Gasteiger partial charge < -0.3 is 15.4 Å². The van der Waals surface area contributed by atoms with Gasteiger partial charge in [0.1, 0.15) is 5.75 Å². The van der Waals surface area contributed by atoms with Crippen LogP contribution in [-0.2, 0) is 13.0 Å². The lowest BCUT2D eigenvalue weighted by Gasteiger charge is -2.13. The molecule has 0 aliphatic heterocycles. The third-order valence-electron chi connectivity index (χ3n) is 3.69. The minimum atomic E-state index is -4.35. The fraction of sp³-hybridized carbons (Fsp3) is 0.444. The van der Waals surface area contributed by atoms with Crippen LogP contribution in [0.1, 0.15) is 21.1 Å². The summed E-state index contributed by atoms with van der Waals surface area (Å²) in [6.07, 6.45) is -3.56. The Hall–Kier alpha value is -2.29. The first-order valence-corrected chi connectivity index (χ1v) is 9.24. The van der Waals surface area contributed by atoms with Crippen molar-refractivity contribution < 1.29 is 17.9 Å². The summed E-state index contributed by atoms with van der Waals surface area (Å²) in [5.41, 5.74) is 1.86. The molecule has 0 aliphatic carbocycles. The van der Waals surface area contributed by atoms with E-state index >= 15 is 0 Å². The SMILES string of the molecule is CN=C(NCCc1nc(C)c(C)s1)NCc1cccc(OCC(F)(F)F)c1. The molecule has 5 nitrogen and oxygen atoms in total. The van der Waals surface area contributed by atoms with E-state index in [1.54, 1.807) is 30.5 Å². The lowest BCUT2D eigenvalue weighted by molar-refractivity contribution is -0.153. The molecule has 1 aromatic heterocycles. The maximum atomic E-state index is 12.2. The number of aromatic nitrogens is 1. The maximum absolute atomic E-state index is 12.2. The van der Waals surface area contributed by atoms with Crippen molar-refractivity contribution in [2.45, 2.75) is 33.0 Å². The Kier molecular flexibility index (Phi) is 7.46. The molecule has 0 atom stereocenters. The zero-order chi connectivity index (χ0) is 19.9.